The van der Waals surface area contributed by atoms with Gasteiger partial charge < -0.3 is 44.1 Å². The van der Waals surface area contributed by atoms with E-state index >= 15 is 0 Å². The summed E-state index contributed by atoms with van der Waals surface area (Å²) in [5.74, 6) is -0.854. The molecule has 1 fully saturated rings. The Bertz CT molecular complexity index is 1070. The van der Waals surface area contributed by atoms with Crippen LogP contribution < -0.4 is 0 Å². The first-order valence-electron chi connectivity index (χ1n) is 16.5. The Morgan fingerprint density at radius 1 is 1.26 bits per heavy atom. The first kappa shape index (κ1) is 39.9. The second-order valence-electron chi connectivity index (χ2n) is 13.9. The van der Waals surface area contributed by atoms with Crippen LogP contribution in [0.3, 0.4) is 0 Å². The van der Waals surface area contributed by atoms with Crippen LogP contribution >= 0.6 is 0 Å². The van der Waals surface area contributed by atoms with Crippen molar-refractivity contribution < 1.29 is 43.9 Å². The molecule has 10 atom stereocenters. The van der Waals surface area contributed by atoms with Crippen molar-refractivity contribution in [1.82, 2.24) is 9.80 Å². The van der Waals surface area contributed by atoms with Gasteiger partial charge in [0.05, 0.1) is 36.4 Å². The number of methoxy groups -OCH3 is 1. The topological polar surface area (TPSA) is 142 Å². The maximum Gasteiger partial charge on any atom is 0.410 e. The Balaban J connectivity index is 2.26. The van der Waals surface area contributed by atoms with Gasteiger partial charge in [0.1, 0.15) is 11.7 Å². The summed E-state index contributed by atoms with van der Waals surface area (Å²) in [5.41, 5.74) is -1.37. The van der Waals surface area contributed by atoms with Crippen molar-refractivity contribution in [2.24, 2.45) is 11.8 Å². The van der Waals surface area contributed by atoms with Gasteiger partial charge in [-0.3, -0.25) is 4.79 Å². The lowest BCUT2D eigenvalue weighted by Crippen LogP contribution is -2.46. The number of allylic oxidation sites excluding steroid dienone is 2. The summed E-state index contributed by atoms with van der Waals surface area (Å²) >= 11 is 0. The van der Waals surface area contributed by atoms with Gasteiger partial charge in [-0.25, -0.2) is 4.79 Å². The van der Waals surface area contributed by atoms with Crippen molar-refractivity contribution in [2.45, 2.75) is 121 Å². The number of amides is 1. The van der Waals surface area contributed by atoms with Crippen LogP contribution in [0.15, 0.2) is 36.0 Å². The molecule has 1 saturated heterocycles. The summed E-state index contributed by atoms with van der Waals surface area (Å²) in [7, 11) is 7.09. The van der Waals surface area contributed by atoms with Crippen LogP contribution in [0.5, 0.6) is 0 Å². The van der Waals surface area contributed by atoms with Crippen molar-refractivity contribution in [3.05, 3.63) is 36.0 Å². The van der Waals surface area contributed by atoms with E-state index in [4.69, 9.17) is 18.9 Å². The monoisotopic (exact) mass is 652 g/mol. The smallest absolute Gasteiger partial charge is 0.410 e. The molecule has 0 saturated carbocycles. The maximum absolute atomic E-state index is 13.0. The van der Waals surface area contributed by atoms with E-state index < -0.39 is 47.7 Å². The molecule has 0 aromatic carbocycles. The Hall–Kier alpha value is -2.28. The van der Waals surface area contributed by atoms with E-state index in [-0.39, 0.29) is 36.9 Å². The predicted molar refractivity (Wildman–Crippen MR) is 177 cm³/mol. The fraction of sp³-hybridized carbons (Fsp3) is 0.771. The molecule has 2 aliphatic heterocycles. The quantitative estimate of drug-likeness (QED) is 0.116. The van der Waals surface area contributed by atoms with Crippen molar-refractivity contribution in [2.75, 3.05) is 41.3 Å². The minimum absolute atomic E-state index is 0.00498. The molecule has 2 rings (SSSR count). The molecule has 0 aromatic heterocycles. The Morgan fingerprint density at radius 3 is 2.54 bits per heavy atom. The predicted octanol–water partition coefficient (Wildman–Crippen LogP) is 3.86. The number of rotatable bonds is 13. The van der Waals surface area contributed by atoms with Gasteiger partial charge in [0.25, 0.3) is 0 Å². The van der Waals surface area contributed by atoms with E-state index in [1.165, 1.54) is 4.90 Å². The van der Waals surface area contributed by atoms with Crippen molar-refractivity contribution in [3.8, 4) is 0 Å². The molecule has 2 aliphatic rings. The normalized spacial score (nSPS) is 32.9. The molecular weight excluding hydrogens is 592 g/mol. The summed E-state index contributed by atoms with van der Waals surface area (Å²) in [6.45, 7) is 12.3. The highest BCUT2D eigenvalue weighted by Crippen LogP contribution is 2.37. The lowest BCUT2D eigenvalue weighted by molar-refractivity contribution is -0.151. The number of carbonyl (C=O) groups is 2. The summed E-state index contributed by atoms with van der Waals surface area (Å²) < 4.78 is 23.5. The van der Waals surface area contributed by atoms with Crippen LogP contribution in [-0.4, -0.2) is 126 Å². The van der Waals surface area contributed by atoms with Crippen LogP contribution in [0.4, 0.5) is 4.79 Å². The average molecular weight is 653 g/mol. The Labute approximate surface area is 276 Å². The maximum atomic E-state index is 13.0. The molecule has 11 heteroatoms. The third-order valence-electron chi connectivity index (χ3n) is 9.23. The molecule has 2 heterocycles. The van der Waals surface area contributed by atoms with Crippen molar-refractivity contribution in [3.63, 3.8) is 0 Å². The highest BCUT2D eigenvalue weighted by molar-refractivity contribution is 5.70. The second-order valence-corrected chi connectivity index (χ2v) is 13.9. The second kappa shape index (κ2) is 17.8. The van der Waals surface area contributed by atoms with E-state index in [2.05, 4.69) is 0 Å². The van der Waals surface area contributed by atoms with Crippen molar-refractivity contribution >= 4 is 12.1 Å². The van der Waals surface area contributed by atoms with Gasteiger partial charge in [-0.1, -0.05) is 45.1 Å². The SMILES string of the molecule is CC[C@H](O)[C@@H](C)[C@H]1O[C@@H]1CC(C)(O)/C=C/C=C(\C)[C@H]1OC(=O)C[C@H](O)CC[C@@](C)(OC)[C@@H](OC(=O)N(C)CCN(C)C)/C=C/[C@@H]1C. The number of epoxide rings is 1. The number of aliphatic hydroxyl groups excluding tert-OH is 2. The van der Waals surface area contributed by atoms with E-state index in [1.54, 1.807) is 45.4 Å². The van der Waals surface area contributed by atoms with Gasteiger partial charge in [-0.05, 0) is 65.8 Å². The van der Waals surface area contributed by atoms with Crippen LogP contribution in [0.2, 0.25) is 0 Å². The molecule has 11 nitrogen and oxygen atoms in total. The summed E-state index contributed by atoms with van der Waals surface area (Å²) in [6, 6.07) is 0. The zero-order chi connectivity index (χ0) is 34.8. The number of ether oxygens (including phenoxy) is 4. The number of esters is 1. The largest absolute Gasteiger partial charge is 0.457 e. The highest BCUT2D eigenvalue weighted by atomic mass is 16.6. The van der Waals surface area contributed by atoms with E-state index in [9.17, 15) is 24.9 Å². The zero-order valence-electron chi connectivity index (χ0n) is 29.6. The fourth-order valence-corrected chi connectivity index (χ4v) is 5.65. The van der Waals surface area contributed by atoms with Gasteiger partial charge >= 0.3 is 12.1 Å². The highest BCUT2D eigenvalue weighted by Gasteiger charge is 2.47. The van der Waals surface area contributed by atoms with Gasteiger partial charge in [-0.15, -0.1) is 0 Å². The minimum atomic E-state index is -1.15. The number of likely N-dealkylation sites (N-methyl/N-ethyl adjacent to an activating group) is 2. The Morgan fingerprint density at radius 2 is 1.93 bits per heavy atom. The summed E-state index contributed by atoms with van der Waals surface area (Å²) in [4.78, 5) is 29.4. The molecule has 264 valence electrons. The molecular formula is C35H60N2O9. The van der Waals surface area contributed by atoms with E-state index in [0.29, 0.717) is 32.4 Å². The molecule has 0 bridgehead atoms. The number of nitrogens with zero attached hydrogens (tertiary/aromatic N) is 2. The minimum Gasteiger partial charge on any atom is -0.457 e. The number of hydrogen-bond acceptors (Lipinski definition) is 10. The van der Waals surface area contributed by atoms with Gasteiger partial charge in [-0.2, -0.15) is 0 Å². The zero-order valence-corrected chi connectivity index (χ0v) is 29.6. The van der Waals surface area contributed by atoms with Gasteiger partial charge in [0.15, 0.2) is 6.10 Å². The van der Waals surface area contributed by atoms with Crippen LogP contribution in [0.25, 0.3) is 0 Å². The molecule has 0 spiro atoms. The molecule has 46 heavy (non-hydrogen) atoms. The molecule has 1 amide bonds. The summed E-state index contributed by atoms with van der Waals surface area (Å²) in [6.07, 6.45) is 6.75. The first-order chi connectivity index (χ1) is 21.4. The van der Waals surface area contributed by atoms with Crippen LogP contribution in [0.1, 0.15) is 73.6 Å². The molecule has 1 unspecified atom stereocenters. The number of aliphatic hydroxyl groups is 3. The summed E-state index contributed by atoms with van der Waals surface area (Å²) in [5, 5.41) is 31.8. The van der Waals surface area contributed by atoms with Gasteiger partial charge in [0, 0.05) is 45.5 Å². The van der Waals surface area contributed by atoms with Crippen molar-refractivity contribution in [1.29, 1.82) is 0 Å². The standard InChI is InChI=1S/C35H60N2O9/c1-11-27(39)25(4)32-28(44-32)22-34(5,42)17-12-13-23(2)31-24(3)14-15-29(45-33(41)37(9)20-19-36(7)8)35(6,43-10)18-16-26(38)21-30(40)46-31/h12-15,17,24-29,31-32,38-39,42H,11,16,18-22H2,1-10H3/b15-14+,17-12+,23-13+/t24-,25+,26+,27-,28+,29-,31+,32+,34?,35+/m0/s1. The van der Waals surface area contributed by atoms with E-state index in [1.807, 2.05) is 59.7 Å². The Kier molecular flexibility index (Phi) is 15.4. The van der Waals surface area contributed by atoms with Crippen LogP contribution in [-0.2, 0) is 23.7 Å². The van der Waals surface area contributed by atoms with E-state index in [0.717, 1.165) is 5.57 Å². The lowest BCUT2D eigenvalue weighted by Gasteiger charge is -2.36. The number of carbonyl (C=O) groups excluding carboxylic acids is 2. The number of cyclic esters (lactones) is 1. The molecule has 3 N–H and O–H groups in total. The third-order valence-corrected chi connectivity index (χ3v) is 9.23. The molecule has 0 aromatic rings. The number of hydrogen-bond donors (Lipinski definition) is 3. The molecule has 0 radical (unpaired) electrons. The fourth-order valence-electron chi connectivity index (χ4n) is 5.65. The molecule has 0 aliphatic carbocycles. The van der Waals surface area contributed by atoms with Gasteiger partial charge in [0.2, 0.25) is 0 Å². The lowest BCUT2D eigenvalue weighted by atomic mass is 9.88. The third kappa shape index (κ3) is 12.4. The van der Waals surface area contributed by atoms with Crippen LogP contribution in [0, 0.1) is 11.8 Å². The average Bonchev–Trinajstić information content (AvgIpc) is 3.75. The first-order valence-corrected chi connectivity index (χ1v) is 16.5.